The Kier molecular flexibility index (Phi) is 4.42. The van der Waals surface area contributed by atoms with Crippen LogP contribution in [0.25, 0.3) is 5.70 Å². The van der Waals surface area contributed by atoms with Gasteiger partial charge in [0.2, 0.25) is 0 Å². The number of nitrogens with one attached hydrogen (secondary N) is 1. The van der Waals surface area contributed by atoms with Crippen molar-refractivity contribution in [1.82, 2.24) is 5.32 Å². The first-order chi connectivity index (χ1) is 14.7. The lowest BCUT2D eigenvalue weighted by Crippen LogP contribution is -2.37. The average molecular weight is 480 g/mol. The summed E-state index contributed by atoms with van der Waals surface area (Å²) >= 11 is 3.39. The number of benzene rings is 2. The third kappa shape index (κ3) is 2.96. The van der Waals surface area contributed by atoms with Crippen molar-refractivity contribution in [1.29, 1.82) is 0 Å². The van der Waals surface area contributed by atoms with Gasteiger partial charge in [-0.05, 0) is 45.5 Å². The molecular weight excluding hydrogens is 458 g/mol. The molecule has 0 saturated carbocycles. The molecule has 0 aromatic heterocycles. The molecule has 1 atom stereocenters. The fourth-order valence-electron chi connectivity index (χ4n) is 5.04. The van der Waals surface area contributed by atoms with Gasteiger partial charge in [0.25, 0.3) is 0 Å². The minimum atomic E-state index is -0.527. The van der Waals surface area contributed by atoms with Gasteiger partial charge < -0.3 is 15.2 Å². The molecule has 0 fully saturated rings. The largest absolute Gasteiger partial charge is 0.503 e. The molecule has 0 bridgehead atoms. The Balaban J connectivity index is 1.78. The number of hydrogen-bond acceptors (Lipinski definition) is 5. The molecule has 6 heteroatoms. The molecule has 2 aromatic rings. The topological polar surface area (TPSA) is 75.6 Å². The standard InChI is InChI=1S/C25H22BrNO4/c1-25(2)10-16-20(17(28)11-25)19(12-8-15(26)24(30)18(9-12)31-3)21-22(27-16)13-6-4-5-7-14(13)23(21)29/h4-9,19,27,30H,10-11H2,1-3H3. The molecule has 0 saturated heterocycles. The number of ketones is 2. The monoisotopic (exact) mass is 479 g/mol. The van der Waals surface area contributed by atoms with E-state index in [9.17, 15) is 14.7 Å². The molecule has 0 spiro atoms. The quantitative estimate of drug-likeness (QED) is 0.626. The first-order valence-corrected chi connectivity index (χ1v) is 11.0. The molecule has 2 aromatic carbocycles. The normalized spacial score (nSPS) is 21.5. The lowest BCUT2D eigenvalue weighted by atomic mass is 9.68. The van der Waals surface area contributed by atoms with Crippen LogP contribution < -0.4 is 10.1 Å². The van der Waals surface area contributed by atoms with E-state index in [1.807, 2.05) is 24.3 Å². The number of aromatic hydroxyl groups is 1. The predicted octanol–water partition coefficient (Wildman–Crippen LogP) is 5.10. The average Bonchev–Trinajstić information content (AvgIpc) is 3.00. The molecule has 0 amide bonds. The number of methoxy groups -OCH3 is 1. The van der Waals surface area contributed by atoms with Crippen LogP contribution in [0.1, 0.15) is 54.1 Å². The van der Waals surface area contributed by atoms with Gasteiger partial charge >= 0.3 is 0 Å². The number of allylic oxidation sites excluding steroid dienone is 3. The van der Waals surface area contributed by atoms with Crippen LogP contribution >= 0.6 is 15.9 Å². The van der Waals surface area contributed by atoms with Gasteiger partial charge in [-0.3, -0.25) is 9.59 Å². The highest BCUT2D eigenvalue weighted by Gasteiger charge is 2.46. The van der Waals surface area contributed by atoms with Crippen LogP contribution in [0.5, 0.6) is 11.5 Å². The lowest BCUT2D eigenvalue weighted by molar-refractivity contribution is -0.118. The smallest absolute Gasteiger partial charge is 0.192 e. The molecule has 1 aliphatic heterocycles. The van der Waals surface area contributed by atoms with E-state index in [2.05, 4.69) is 35.1 Å². The predicted molar refractivity (Wildman–Crippen MR) is 121 cm³/mol. The fourth-order valence-corrected chi connectivity index (χ4v) is 5.50. The molecule has 5 rings (SSSR count). The van der Waals surface area contributed by atoms with Crippen LogP contribution in [0.4, 0.5) is 0 Å². The number of hydrogen-bond donors (Lipinski definition) is 2. The second kappa shape index (κ2) is 6.82. The molecular formula is C25H22BrNO4. The van der Waals surface area contributed by atoms with Crippen molar-refractivity contribution in [3.63, 3.8) is 0 Å². The van der Waals surface area contributed by atoms with Crippen molar-refractivity contribution >= 4 is 33.2 Å². The lowest BCUT2D eigenvalue weighted by Gasteiger charge is -2.39. The molecule has 2 N–H and O–H groups in total. The second-order valence-corrected chi connectivity index (χ2v) is 9.96. The number of fused-ring (bicyclic) bond motifs is 2. The molecule has 1 heterocycles. The van der Waals surface area contributed by atoms with Crippen LogP contribution in [-0.4, -0.2) is 23.8 Å². The number of carbonyl (C=O) groups is 2. The molecule has 31 heavy (non-hydrogen) atoms. The Bertz CT molecular complexity index is 1240. The third-order valence-corrected chi connectivity index (χ3v) is 6.94. The summed E-state index contributed by atoms with van der Waals surface area (Å²) in [6.45, 7) is 4.17. The summed E-state index contributed by atoms with van der Waals surface area (Å²) in [5, 5.41) is 13.8. The summed E-state index contributed by atoms with van der Waals surface area (Å²) in [5.74, 6) is -0.280. The molecule has 158 valence electrons. The van der Waals surface area contributed by atoms with Crippen LogP contribution in [0.2, 0.25) is 0 Å². The summed E-state index contributed by atoms with van der Waals surface area (Å²) in [5.41, 5.74) is 4.93. The summed E-state index contributed by atoms with van der Waals surface area (Å²) in [6, 6.07) is 11.0. The van der Waals surface area contributed by atoms with Crippen LogP contribution in [0.3, 0.4) is 0 Å². The van der Waals surface area contributed by atoms with E-state index in [0.717, 1.165) is 22.5 Å². The van der Waals surface area contributed by atoms with E-state index in [0.29, 0.717) is 39.8 Å². The zero-order valence-corrected chi connectivity index (χ0v) is 19.1. The third-order valence-electron chi connectivity index (χ3n) is 6.33. The van der Waals surface area contributed by atoms with Gasteiger partial charge in [0.1, 0.15) is 0 Å². The second-order valence-electron chi connectivity index (χ2n) is 9.11. The molecule has 2 aliphatic carbocycles. The van der Waals surface area contributed by atoms with Gasteiger partial charge in [-0.2, -0.15) is 0 Å². The van der Waals surface area contributed by atoms with Gasteiger partial charge in [-0.25, -0.2) is 0 Å². The highest BCUT2D eigenvalue weighted by Crippen LogP contribution is 2.52. The zero-order chi connectivity index (χ0) is 22.1. The van der Waals surface area contributed by atoms with E-state index in [1.54, 1.807) is 12.1 Å². The number of carbonyl (C=O) groups excluding carboxylic acids is 2. The zero-order valence-electron chi connectivity index (χ0n) is 17.5. The maximum Gasteiger partial charge on any atom is 0.192 e. The van der Waals surface area contributed by atoms with Crippen molar-refractivity contribution in [2.75, 3.05) is 7.11 Å². The number of dihydropyridines is 1. The van der Waals surface area contributed by atoms with E-state index in [1.165, 1.54) is 7.11 Å². The minimum Gasteiger partial charge on any atom is -0.503 e. The Morgan fingerprint density at radius 3 is 2.52 bits per heavy atom. The Morgan fingerprint density at radius 2 is 1.81 bits per heavy atom. The number of halogens is 1. The summed E-state index contributed by atoms with van der Waals surface area (Å²) < 4.78 is 5.81. The van der Waals surface area contributed by atoms with Crippen LogP contribution in [0, 0.1) is 5.41 Å². The van der Waals surface area contributed by atoms with Crippen LogP contribution in [-0.2, 0) is 4.79 Å². The van der Waals surface area contributed by atoms with Crippen molar-refractivity contribution in [2.24, 2.45) is 5.41 Å². The number of Topliss-reactive ketones (excluding diaryl/α,β-unsaturated/α-hetero) is 2. The van der Waals surface area contributed by atoms with Gasteiger partial charge in [0.15, 0.2) is 23.1 Å². The minimum absolute atomic E-state index is 0.0132. The van der Waals surface area contributed by atoms with Crippen molar-refractivity contribution in [3.05, 3.63) is 74.4 Å². The molecule has 0 radical (unpaired) electrons. The first-order valence-electron chi connectivity index (χ1n) is 10.2. The van der Waals surface area contributed by atoms with E-state index < -0.39 is 5.92 Å². The molecule has 5 nitrogen and oxygen atoms in total. The highest BCUT2D eigenvalue weighted by molar-refractivity contribution is 9.10. The highest BCUT2D eigenvalue weighted by atomic mass is 79.9. The summed E-state index contributed by atoms with van der Waals surface area (Å²) in [4.78, 5) is 26.9. The number of phenols is 1. The maximum atomic E-state index is 13.5. The summed E-state index contributed by atoms with van der Waals surface area (Å²) in [7, 11) is 1.48. The Morgan fingerprint density at radius 1 is 1.10 bits per heavy atom. The van der Waals surface area contributed by atoms with Crippen molar-refractivity contribution < 1.29 is 19.4 Å². The van der Waals surface area contributed by atoms with Crippen molar-refractivity contribution in [2.45, 2.75) is 32.6 Å². The Hall–Kier alpha value is -2.86. The summed E-state index contributed by atoms with van der Waals surface area (Å²) in [6.07, 6.45) is 1.14. The maximum absolute atomic E-state index is 13.5. The van der Waals surface area contributed by atoms with Gasteiger partial charge in [0, 0.05) is 40.3 Å². The number of phenolic OH excluding ortho intramolecular Hbond substituents is 1. The van der Waals surface area contributed by atoms with E-state index in [4.69, 9.17) is 4.74 Å². The fraction of sp³-hybridized carbons (Fsp3) is 0.280. The van der Waals surface area contributed by atoms with Crippen LogP contribution in [0.15, 0.2) is 57.7 Å². The van der Waals surface area contributed by atoms with Gasteiger partial charge in [-0.1, -0.05) is 38.1 Å². The first kappa shape index (κ1) is 20.1. The molecule has 3 aliphatic rings. The Labute approximate surface area is 188 Å². The van der Waals surface area contributed by atoms with E-state index >= 15 is 0 Å². The van der Waals surface area contributed by atoms with E-state index in [-0.39, 0.29) is 22.7 Å². The van der Waals surface area contributed by atoms with Gasteiger partial charge in [0.05, 0.1) is 17.3 Å². The molecule has 1 unspecified atom stereocenters. The van der Waals surface area contributed by atoms with Crippen molar-refractivity contribution in [3.8, 4) is 11.5 Å². The number of ether oxygens (including phenoxy) is 1. The number of rotatable bonds is 2. The SMILES string of the molecule is COc1cc(C2C3=C(CC(C)(C)CC3=O)NC3=C2C(=O)c2ccccc23)cc(Br)c1O. The van der Waals surface area contributed by atoms with Gasteiger partial charge in [-0.15, -0.1) is 0 Å².